The van der Waals surface area contributed by atoms with Gasteiger partial charge in [0.25, 0.3) is 0 Å². The molecule has 1 heterocycles. The van der Waals surface area contributed by atoms with Gasteiger partial charge in [0.05, 0.1) is 0 Å². The zero-order valence-corrected chi connectivity index (χ0v) is 11.8. The third-order valence-corrected chi connectivity index (χ3v) is 5.12. The van der Waals surface area contributed by atoms with Crippen LogP contribution in [0.15, 0.2) is 60.9 Å². The van der Waals surface area contributed by atoms with Gasteiger partial charge in [-0.2, -0.15) is 4.57 Å². The molecule has 0 spiro atoms. The standard InChI is InChI=1S/C13H12Br2N/c14-12(11-7-3-1-4-8-11)13(15)16-9-5-2-6-10-16/h1-10,12-13H/q+1/t12-,13-/m0/s1. The largest absolute Gasteiger partial charge is 0.228 e. The van der Waals surface area contributed by atoms with Crippen molar-refractivity contribution < 1.29 is 4.57 Å². The molecular weight excluding hydrogens is 330 g/mol. The molecule has 0 amide bonds. The Morgan fingerprint density at radius 2 is 1.38 bits per heavy atom. The summed E-state index contributed by atoms with van der Waals surface area (Å²) < 4.78 is 2.13. The van der Waals surface area contributed by atoms with Crippen molar-refractivity contribution in [3.8, 4) is 0 Å². The molecule has 0 radical (unpaired) electrons. The van der Waals surface area contributed by atoms with Gasteiger partial charge in [0, 0.05) is 12.1 Å². The van der Waals surface area contributed by atoms with Crippen LogP contribution in [0, 0.1) is 0 Å². The van der Waals surface area contributed by atoms with Crippen molar-refractivity contribution in [2.45, 2.75) is 9.78 Å². The average molecular weight is 342 g/mol. The second kappa shape index (κ2) is 5.60. The van der Waals surface area contributed by atoms with Gasteiger partial charge in [0.1, 0.15) is 4.83 Å². The molecule has 2 aromatic rings. The lowest BCUT2D eigenvalue weighted by Crippen LogP contribution is -2.37. The Hall–Kier alpha value is -0.670. The quantitative estimate of drug-likeness (QED) is 0.586. The van der Waals surface area contributed by atoms with E-state index < -0.39 is 0 Å². The molecule has 0 aliphatic rings. The molecule has 0 unspecified atom stereocenters. The van der Waals surface area contributed by atoms with Crippen molar-refractivity contribution in [2.75, 3.05) is 0 Å². The van der Waals surface area contributed by atoms with Crippen LogP contribution < -0.4 is 4.57 Å². The maximum atomic E-state index is 3.72. The summed E-state index contributed by atoms with van der Waals surface area (Å²) in [4.78, 5) is 0.456. The Bertz CT molecular complexity index is 387. The van der Waals surface area contributed by atoms with Crippen molar-refractivity contribution in [1.82, 2.24) is 0 Å². The number of benzene rings is 1. The number of alkyl halides is 2. The molecule has 3 heteroatoms. The van der Waals surface area contributed by atoms with E-state index in [0.717, 1.165) is 0 Å². The number of hydrogen-bond donors (Lipinski definition) is 0. The van der Waals surface area contributed by atoms with E-state index in [9.17, 15) is 0 Å². The van der Waals surface area contributed by atoms with Crippen LogP contribution in [0.5, 0.6) is 0 Å². The molecule has 2 rings (SSSR count). The maximum absolute atomic E-state index is 3.72. The number of pyridine rings is 1. The molecule has 0 fully saturated rings. The van der Waals surface area contributed by atoms with E-state index >= 15 is 0 Å². The van der Waals surface area contributed by atoms with Crippen LogP contribution >= 0.6 is 31.9 Å². The second-order valence-electron chi connectivity index (χ2n) is 3.51. The van der Waals surface area contributed by atoms with Gasteiger partial charge < -0.3 is 0 Å². The fourth-order valence-electron chi connectivity index (χ4n) is 1.52. The number of hydrogen-bond acceptors (Lipinski definition) is 0. The summed E-state index contributed by atoms with van der Waals surface area (Å²) in [5, 5.41) is 0. The molecule has 82 valence electrons. The first-order chi connectivity index (χ1) is 7.79. The van der Waals surface area contributed by atoms with Gasteiger partial charge in [0.2, 0.25) is 4.95 Å². The van der Waals surface area contributed by atoms with Crippen LogP contribution in [0.3, 0.4) is 0 Å². The lowest BCUT2D eigenvalue weighted by Gasteiger charge is -2.12. The van der Waals surface area contributed by atoms with E-state index in [-0.39, 0.29) is 9.78 Å². The summed E-state index contributed by atoms with van der Waals surface area (Å²) in [6, 6.07) is 16.5. The SMILES string of the molecule is Br[C@H]([C@@H](Br)c1ccccc1)[n+]1ccccc1. The molecule has 0 saturated carbocycles. The first-order valence-electron chi connectivity index (χ1n) is 5.08. The molecule has 2 atom stereocenters. The van der Waals surface area contributed by atoms with Crippen molar-refractivity contribution in [1.29, 1.82) is 0 Å². The molecular formula is C13H12Br2N+. The normalized spacial score (nSPS) is 14.4. The van der Waals surface area contributed by atoms with E-state index in [1.54, 1.807) is 0 Å². The van der Waals surface area contributed by atoms with Crippen molar-refractivity contribution in [3.05, 3.63) is 66.5 Å². The zero-order valence-electron chi connectivity index (χ0n) is 8.63. The molecule has 0 aliphatic heterocycles. The predicted molar refractivity (Wildman–Crippen MR) is 72.7 cm³/mol. The molecule has 0 bridgehead atoms. The number of halogens is 2. The van der Waals surface area contributed by atoms with Crippen LogP contribution in [0.25, 0.3) is 0 Å². The molecule has 0 aliphatic carbocycles. The summed E-state index contributed by atoms with van der Waals surface area (Å²) in [6.07, 6.45) is 4.10. The summed E-state index contributed by atoms with van der Waals surface area (Å²) >= 11 is 7.42. The van der Waals surface area contributed by atoms with Gasteiger partial charge in [-0.05, 0) is 21.5 Å². The molecule has 0 N–H and O–H groups in total. The summed E-state index contributed by atoms with van der Waals surface area (Å²) in [6.45, 7) is 0. The molecule has 1 aromatic heterocycles. The van der Waals surface area contributed by atoms with Crippen LogP contribution in [0.2, 0.25) is 0 Å². The maximum Gasteiger partial charge on any atom is 0.228 e. The summed E-state index contributed by atoms with van der Waals surface area (Å²) in [7, 11) is 0. The number of nitrogens with zero attached hydrogens (tertiary/aromatic N) is 1. The number of rotatable bonds is 3. The van der Waals surface area contributed by atoms with Crippen LogP contribution in [0.1, 0.15) is 15.3 Å². The lowest BCUT2D eigenvalue weighted by atomic mass is 10.1. The van der Waals surface area contributed by atoms with Crippen LogP contribution in [0.4, 0.5) is 0 Å². The third kappa shape index (κ3) is 2.71. The lowest BCUT2D eigenvalue weighted by molar-refractivity contribution is -0.697. The Balaban J connectivity index is 2.20. The zero-order chi connectivity index (χ0) is 11.4. The van der Waals surface area contributed by atoms with Gasteiger partial charge in [-0.3, -0.25) is 0 Å². The summed E-state index contributed by atoms with van der Waals surface area (Å²) in [5.41, 5.74) is 1.26. The smallest absolute Gasteiger partial charge is 0.191 e. The Kier molecular flexibility index (Phi) is 4.13. The first-order valence-corrected chi connectivity index (χ1v) is 6.91. The molecule has 1 nitrogen and oxygen atoms in total. The summed E-state index contributed by atoms with van der Waals surface area (Å²) in [5.74, 6) is 0. The Labute approximate surface area is 112 Å². The number of aromatic nitrogens is 1. The van der Waals surface area contributed by atoms with Gasteiger partial charge in [0.15, 0.2) is 12.4 Å². The average Bonchev–Trinajstić information content (AvgIpc) is 2.39. The monoisotopic (exact) mass is 340 g/mol. The first kappa shape index (κ1) is 11.8. The Morgan fingerprint density at radius 1 is 0.812 bits per heavy atom. The highest BCUT2D eigenvalue weighted by atomic mass is 79.9. The fraction of sp³-hybridized carbons (Fsp3) is 0.154. The highest BCUT2D eigenvalue weighted by Crippen LogP contribution is 2.34. The van der Waals surface area contributed by atoms with Gasteiger partial charge in [-0.1, -0.05) is 52.3 Å². The third-order valence-electron chi connectivity index (χ3n) is 2.38. The van der Waals surface area contributed by atoms with E-state index in [0.29, 0.717) is 0 Å². The molecule has 0 saturated heterocycles. The second-order valence-corrected chi connectivity index (χ2v) is 5.43. The molecule has 16 heavy (non-hydrogen) atoms. The highest BCUT2D eigenvalue weighted by molar-refractivity contribution is 9.11. The van der Waals surface area contributed by atoms with E-state index in [1.807, 2.05) is 24.3 Å². The van der Waals surface area contributed by atoms with E-state index in [1.165, 1.54) is 5.56 Å². The predicted octanol–water partition coefficient (Wildman–Crippen LogP) is 4.00. The minimum absolute atomic E-state index is 0.205. The van der Waals surface area contributed by atoms with Gasteiger partial charge in [-0.25, -0.2) is 0 Å². The molecule has 1 aromatic carbocycles. The van der Waals surface area contributed by atoms with Gasteiger partial charge >= 0.3 is 0 Å². The van der Waals surface area contributed by atoms with E-state index in [2.05, 4.69) is 73.1 Å². The minimum atomic E-state index is 0.205. The van der Waals surface area contributed by atoms with Crippen molar-refractivity contribution >= 4 is 31.9 Å². The van der Waals surface area contributed by atoms with Crippen LogP contribution in [-0.2, 0) is 0 Å². The van der Waals surface area contributed by atoms with Crippen LogP contribution in [-0.4, -0.2) is 0 Å². The highest BCUT2D eigenvalue weighted by Gasteiger charge is 2.24. The van der Waals surface area contributed by atoms with Crippen molar-refractivity contribution in [3.63, 3.8) is 0 Å². The van der Waals surface area contributed by atoms with Gasteiger partial charge in [-0.15, -0.1) is 0 Å². The minimum Gasteiger partial charge on any atom is -0.191 e. The topological polar surface area (TPSA) is 3.88 Å². The Morgan fingerprint density at radius 3 is 2.00 bits per heavy atom. The van der Waals surface area contributed by atoms with Crippen molar-refractivity contribution in [2.24, 2.45) is 0 Å². The fourth-order valence-corrected chi connectivity index (χ4v) is 2.68. The van der Waals surface area contributed by atoms with E-state index in [4.69, 9.17) is 0 Å².